The van der Waals surface area contributed by atoms with Gasteiger partial charge in [0.1, 0.15) is 6.04 Å². The maximum absolute atomic E-state index is 5.49. The molecule has 1 aliphatic carbocycles. The average Bonchev–Trinajstić information content (AvgIpc) is 3.22. The number of aromatic nitrogens is 2. The number of hydrogen-bond donors (Lipinski definition) is 0. The van der Waals surface area contributed by atoms with Crippen molar-refractivity contribution < 1.29 is 4.52 Å². The van der Waals surface area contributed by atoms with E-state index < -0.39 is 0 Å². The summed E-state index contributed by atoms with van der Waals surface area (Å²) in [5.74, 6) is 1.81. The fourth-order valence-electron chi connectivity index (χ4n) is 3.35. The maximum Gasteiger partial charge on any atom is 0.258 e. The lowest BCUT2D eigenvalue weighted by atomic mass is 10.0. The van der Waals surface area contributed by atoms with Crippen LogP contribution in [0.3, 0.4) is 0 Å². The third-order valence-electron chi connectivity index (χ3n) is 4.97. The molecule has 2 aromatic carbocycles. The Morgan fingerprint density at radius 2 is 2.00 bits per heavy atom. The Bertz CT molecular complexity index is 971. The second-order valence-corrected chi connectivity index (χ2v) is 6.75. The van der Waals surface area contributed by atoms with Gasteiger partial charge >= 0.3 is 0 Å². The third-order valence-corrected chi connectivity index (χ3v) is 4.97. The van der Waals surface area contributed by atoms with Crippen LogP contribution in [0.25, 0.3) is 22.8 Å². The molecule has 25 heavy (non-hydrogen) atoms. The van der Waals surface area contributed by atoms with Gasteiger partial charge in [0.2, 0.25) is 5.82 Å². The van der Waals surface area contributed by atoms with Crippen molar-refractivity contribution >= 4 is 5.69 Å². The van der Waals surface area contributed by atoms with Crippen molar-refractivity contribution in [3.63, 3.8) is 0 Å². The first-order chi connectivity index (χ1) is 12.3. The van der Waals surface area contributed by atoms with E-state index >= 15 is 0 Å². The van der Waals surface area contributed by atoms with Gasteiger partial charge in [-0.1, -0.05) is 36.3 Å². The molecule has 1 atom stereocenters. The lowest BCUT2D eigenvalue weighted by Crippen LogP contribution is -1.93. The first-order valence-electron chi connectivity index (χ1n) is 8.80. The van der Waals surface area contributed by atoms with Crippen LogP contribution in [0.15, 0.2) is 57.2 Å². The largest absolute Gasteiger partial charge is 0.334 e. The number of rotatable bonds is 4. The number of azo groups is 1. The van der Waals surface area contributed by atoms with Crippen molar-refractivity contribution in [3.05, 3.63) is 53.6 Å². The highest BCUT2D eigenvalue weighted by Crippen LogP contribution is 2.50. The monoisotopic (exact) mass is 330 g/mol. The summed E-state index contributed by atoms with van der Waals surface area (Å²) in [6.45, 7) is 2.13. The van der Waals surface area contributed by atoms with Crippen LogP contribution in [0.4, 0.5) is 5.69 Å². The molecule has 5 nitrogen and oxygen atoms in total. The molecule has 0 saturated heterocycles. The lowest BCUT2D eigenvalue weighted by molar-refractivity contribution is 0.432. The highest BCUT2D eigenvalue weighted by molar-refractivity contribution is 5.66. The molecule has 0 radical (unpaired) electrons. The second-order valence-electron chi connectivity index (χ2n) is 6.75. The van der Waals surface area contributed by atoms with Crippen molar-refractivity contribution in [2.24, 2.45) is 16.1 Å². The van der Waals surface area contributed by atoms with E-state index in [-0.39, 0.29) is 6.04 Å². The quantitative estimate of drug-likeness (QED) is 0.633. The number of hydrogen-bond acceptors (Lipinski definition) is 5. The van der Waals surface area contributed by atoms with Crippen LogP contribution in [0, 0.1) is 5.92 Å². The molecule has 0 amide bonds. The predicted octanol–water partition coefficient (Wildman–Crippen LogP) is 5.51. The molecule has 1 fully saturated rings. The molecule has 1 saturated carbocycles. The smallest absolute Gasteiger partial charge is 0.258 e. The SMILES string of the molecule is CCc1cccc(-c2noc(-c3ccc4c(c3)N=NC4C3CC3)n2)c1. The van der Waals surface area contributed by atoms with Gasteiger partial charge in [-0.3, -0.25) is 0 Å². The lowest BCUT2D eigenvalue weighted by Gasteiger charge is -2.05. The van der Waals surface area contributed by atoms with Gasteiger partial charge in [-0.25, -0.2) is 0 Å². The minimum Gasteiger partial charge on any atom is -0.334 e. The Morgan fingerprint density at radius 3 is 2.84 bits per heavy atom. The van der Waals surface area contributed by atoms with Crippen LogP contribution < -0.4 is 0 Å². The highest BCUT2D eigenvalue weighted by Gasteiger charge is 2.36. The Hall–Kier alpha value is -2.82. The zero-order valence-electron chi connectivity index (χ0n) is 14.0. The van der Waals surface area contributed by atoms with Crippen LogP contribution in [0.2, 0.25) is 0 Å². The fourth-order valence-corrected chi connectivity index (χ4v) is 3.35. The number of benzene rings is 2. The van der Waals surface area contributed by atoms with E-state index in [4.69, 9.17) is 4.52 Å². The van der Waals surface area contributed by atoms with E-state index in [0.717, 1.165) is 23.2 Å². The van der Waals surface area contributed by atoms with Crippen LogP contribution in [0.1, 0.15) is 36.9 Å². The summed E-state index contributed by atoms with van der Waals surface area (Å²) in [6.07, 6.45) is 3.50. The van der Waals surface area contributed by atoms with Gasteiger partial charge in [0.15, 0.2) is 0 Å². The molecule has 124 valence electrons. The van der Waals surface area contributed by atoms with Crippen molar-refractivity contribution in [3.8, 4) is 22.8 Å². The molecule has 1 aliphatic heterocycles. The van der Waals surface area contributed by atoms with Crippen LogP contribution >= 0.6 is 0 Å². The van der Waals surface area contributed by atoms with Gasteiger partial charge < -0.3 is 4.52 Å². The van der Waals surface area contributed by atoms with Crippen molar-refractivity contribution in [2.45, 2.75) is 32.2 Å². The molecule has 0 bridgehead atoms. The Labute approximate surface area is 145 Å². The average molecular weight is 330 g/mol. The predicted molar refractivity (Wildman–Crippen MR) is 94.5 cm³/mol. The number of fused-ring (bicyclic) bond motifs is 1. The minimum absolute atomic E-state index is 0.249. The molecular formula is C20H18N4O. The summed E-state index contributed by atoms with van der Waals surface area (Å²) in [5.41, 5.74) is 5.28. The molecule has 1 aromatic heterocycles. The molecule has 5 heteroatoms. The molecule has 5 rings (SSSR count). The Morgan fingerprint density at radius 1 is 1.08 bits per heavy atom. The first kappa shape index (κ1) is 14.5. The summed E-state index contributed by atoms with van der Waals surface area (Å²) >= 11 is 0. The zero-order chi connectivity index (χ0) is 16.8. The zero-order valence-corrected chi connectivity index (χ0v) is 14.0. The van der Waals surface area contributed by atoms with E-state index in [0.29, 0.717) is 17.6 Å². The standard InChI is InChI=1S/C20H18N4O/c1-2-12-4-3-5-14(10-12)19-21-20(25-24-19)15-8-9-16-17(11-15)22-23-18(16)13-6-7-13/h3-5,8-11,13,18H,2,6-7H2,1H3. The van der Waals surface area contributed by atoms with Gasteiger partial charge in [0, 0.05) is 16.7 Å². The van der Waals surface area contributed by atoms with Crippen molar-refractivity contribution in [2.75, 3.05) is 0 Å². The number of nitrogens with zero attached hydrogens (tertiary/aromatic N) is 4. The maximum atomic E-state index is 5.49. The molecule has 0 N–H and O–H groups in total. The normalized spacial score (nSPS) is 18.5. The fraction of sp³-hybridized carbons (Fsp3) is 0.300. The van der Waals surface area contributed by atoms with E-state index in [2.05, 4.69) is 45.5 Å². The van der Waals surface area contributed by atoms with E-state index in [1.807, 2.05) is 24.3 Å². The van der Waals surface area contributed by atoms with Crippen molar-refractivity contribution in [1.29, 1.82) is 0 Å². The van der Waals surface area contributed by atoms with Crippen molar-refractivity contribution in [1.82, 2.24) is 10.1 Å². The summed E-state index contributed by atoms with van der Waals surface area (Å²) < 4.78 is 5.49. The van der Waals surface area contributed by atoms with E-state index in [9.17, 15) is 0 Å². The highest BCUT2D eigenvalue weighted by atomic mass is 16.5. The van der Waals surface area contributed by atoms with E-state index in [1.165, 1.54) is 24.0 Å². The van der Waals surface area contributed by atoms with E-state index in [1.54, 1.807) is 0 Å². The van der Waals surface area contributed by atoms with Crippen LogP contribution in [0.5, 0.6) is 0 Å². The molecule has 0 spiro atoms. The summed E-state index contributed by atoms with van der Waals surface area (Å²) in [7, 11) is 0. The molecule has 3 aromatic rings. The molecule has 1 unspecified atom stereocenters. The number of aryl methyl sites for hydroxylation is 1. The van der Waals surface area contributed by atoms with Gasteiger partial charge in [-0.05, 0) is 48.9 Å². The molecule has 2 heterocycles. The Balaban J connectivity index is 1.46. The second kappa shape index (κ2) is 5.62. The summed E-state index contributed by atoms with van der Waals surface area (Å²) in [4.78, 5) is 4.57. The molecule has 2 aliphatic rings. The topological polar surface area (TPSA) is 63.6 Å². The Kier molecular flexibility index (Phi) is 3.26. The minimum atomic E-state index is 0.249. The van der Waals surface area contributed by atoms with Crippen LogP contribution in [-0.4, -0.2) is 10.1 Å². The van der Waals surface area contributed by atoms with Gasteiger partial charge in [0.05, 0.1) is 5.69 Å². The third kappa shape index (κ3) is 2.56. The van der Waals surface area contributed by atoms with Crippen LogP contribution in [-0.2, 0) is 6.42 Å². The summed E-state index contributed by atoms with van der Waals surface area (Å²) in [5, 5.41) is 12.9. The van der Waals surface area contributed by atoms with Gasteiger partial charge in [-0.15, -0.1) is 0 Å². The molecular weight excluding hydrogens is 312 g/mol. The first-order valence-corrected chi connectivity index (χ1v) is 8.80. The van der Waals surface area contributed by atoms with Gasteiger partial charge in [-0.2, -0.15) is 15.2 Å². The van der Waals surface area contributed by atoms with Gasteiger partial charge in [0.25, 0.3) is 5.89 Å². The summed E-state index contributed by atoms with van der Waals surface area (Å²) in [6, 6.07) is 14.6.